The fourth-order valence-corrected chi connectivity index (χ4v) is 3.80. The molecular weight excluding hydrogens is 432 g/mol. The number of pyridine rings is 1. The summed E-state index contributed by atoms with van der Waals surface area (Å²) in [5.74, 6) is -1.09. The summed E-state index contributed by atoms with van der Waals surface area (Å²) < 4.78 is 78.7. The second kappa shape index (κ2) is 8.21. The number of carbonyl (C=O) groups is 1. The number of benzene rings is 1. The first-order valence-electron chi connectivity index (χ1n) is 9.30. The Kier molecular flexibility index (Phi) is 6.18. The molecule has 2 nitrogen and oxygen atoms in total. The molecule has 1 aliphatic carbocycles. The molecule has 0 spiro atoms. The molecule has 0 aliphatic heterocycles. The Morgan fingerprint density at radius 2 is 1.73 bits per heavy atom. The predicted molar refractivity (Wildman–Crippen MR) is 99.3 cm³/mol. The van der Waals surface area contributed by atoms with E-state index in [2.05, 4.69) is 4.98 Å². The van der Waals surface area contributed by atoms with Gasteiger partial charge in [0.25, 0.3) is 0 Å². The molecule has 2 aromatic rings. The van der Waals surface area contributed by atoms with Gasteiger partial charge in [-0.3, -0.25) is 9.78 Å². The molecule has 3 rings (SSSR count). The lowest BCUT2D eigenvalue weighted by Crippen LogP contribution is -2.27. The van der Waals surface area contributed by atoms with Crippen molar-refractivity contribution in [3.8, 4) is 0 Å². The topological polar surface area (TPSA) is 30.0 Å². The third kappa shape index (κ3) is 4.96. The molecule has 1 fully saturated rings. The summed E-state index contributed by atoms with van der Waals surface area (Å²) in [7, 11) is 0. The fraction of sp³-hybridized carbons (Fsp3) is 0.429. The van der Waals surface area contributed by atoms with Crippen LogP contribution in [-0.2, 0) is 6.18 Å². The van der Waals surface area contributed by atoms with Crippen LogP contribution in [0.15, 0.2) is 42.6 Å². The normalized spacial score (nSPS) is 16.9. The minimum Gasteiger partial charge on any atom is -0.294 e. The average molecular weight is 450 g/mol. The number of aromatic nitrogens is 1. The van der Waals surface area contributed by atoms with Crippen LogP contribution < -0.4 is 0 Å². The molecule has 1 unspecified atom stereocenters. The van der Waals surface area contributed by atoms with Crippen molar-refractivity contribution in [1.82, 2.24) is 4.98 Å². The van der Waals surface area contributed by atoms with Gasteiger partial charge in [0.05, 0.1) is 10.4 Å². The van der Waals surface area contributed by atoms with Crippen LogP contribution in [0.2, 0.25) is 5.02 Å². The van der Waals surface area contributed by atoms with E-state index >= 15 is 0 Å². The van der Waals surface area contributed by atoms with E-state index in [1.807, 2.05) is 0 Å². The van der Waals surface area contributed by atoms with Crippen molar-refractivity contribution in [2.75, 3.05) is 0 Å². The van der Waals surface area contributed by atoms with Crippen LogP contribution in [0, 0.1) is 5.41 Å². The molecule has 162 valence electrons. The largest absolute Gasteiger partial charge is 0.433 e. The van der Waals surface area contributed by atoms with Gasteiger partial charge in [0.2, 0.25) is 0 Å². The Morgan fingerprint density at radius 1 is 1.07 bits per heavy atom. The molecule has 1 heterocycles. The van der Waals surface area contributed by atoms with Gasteiger partial charge in [-0.1, -0.05) is 29.8 Å². The van der Waals surface area contributed by atoms with Crippen molar-refractivity contribution in [3.05, 3.63) is 64.4 Å². The standard InChI is InChI=1S/C21H18ClF6NO/c22-16-4-2-1-3-15(16)17(30)7-5-13(11-19(9-10-19)21(26,27)28)14-6-8-18(29-12-14)20(23,24)25/h1-4,6,8,12-13H,5,7,9-11H2. The summed E-state index contributed by atoms with van der Waals surface area (Å²) in [6, 6.07) is 8.24. The summed E-state index contributed by atoms with van der Waals surface area (Å²) in [6.07, 6.45) is -8.47. The average Bonchev–Trinajstić information content (AvgIpc) is 3.45. The quantitative estimate of drug-likeness (QED) is 0.329. The maximum Gasteiger partial charge on any atom is 0.433 e. The van der Waals surface area contributed by atoms with Crippen molar-refractivity contribution in [2.24, 2.45) is 5.41 Å². The number of carbonyl (C=O) groups excluding carboxylic acids is 1. The number of halogens is 7. The maximum absolute atomic E-state index is 13.5. The van der Waals surface area contributed by atoms with Crippen molar-refractivity contribution in [3.63, 3.8) is 0 Å². The van der Waals surface area contributed by atoms with E-state index in [0.717, 1.165) is 18.3 Å². The number of alkyl halides is 6. The van der Waals surface area contributed by atoms with Gasteiger partial charge >= 0.3 is 12.4 Å². The highest BCUT2D eigenvalue weighted by Crippen LogP contribution is 2.62. The zero-order valence-corrected chi connectivity index (χ0v) is 16.4. The van der Waals surface area contributed by atoms with Gasteiger partial charge in [0.15, 0.2) is 5.78 Å². The summed E-state index contributed by atoms with van der Waals surface area (Å²) >= 11 is 6.00. The number of Topliss-reactive ketones (excluding diaryl/α,β-unsaturated/α-hetero) is 1. The Bertz CT molecular complexity index is 903. The van der Waals surface area contributed by atoms with E-state index in [1.165, 1.54) is 12.1 Å². The highest BCUT2D eigenvalue weighted by Gasteiger charge is 2.63. The first-order chi connectivity index (χ1) is 13.9. The number of hydrogen-bond acceptors (Lipinski definition) is 2. The Labute approximate surface area is 174 Å². The van der Waals surface area contributed by atoms with E-state index < -0.39 is 29.4 Å². The van der Waals surface area contributed by atoms with Gasteiger partial charge in [0.1, 0.15) is 5.69 Å². The molecular formula is C21H18ClF6NO. The lowest BCUT2D eigenvalue weighted by molar-refractivity contribution is -0.190. The molecule has 0 saturated heterocycles. The molecule has 0 amide bonds. The molecule has 1 saturated carbocycles. The summed E-state index contributed by atoms with van der Waals surface area (Å²) in [6.45, 7) is 0. The minimum atomic E-state index is -4.64. The molecule has 1 aromatic carbocycles. The molecule has 1 aromatic heterocycles. The maximum atomic E-state index is 13.5. The van der Waals surface area contributed by atoms with E-state index in [4.69, 9.17) is 11.6 Å². The second-order valence-corrected chi connectivity index (χ2v) is 8.00. The molecule has 30 heavy (non-hydrogen) atoms. The van der Waals surface area contributed by atoms with Crippen molar-refractivity contribution in [2.45, 2.75) is 50.4 Å². The third-order valence-electron chi connectivity index (χ3n) is 5.53. The number of nitrogens with zero attached hydrogens (tertiary/aromatic N) is 1. The Hall–Kier alpha value is -2.09. The zero-order valence-electron chi connectivity index (χ0n) is 15.7. The lowest BCUT2D eigenvalue weighted by atomic mass is 9.83. The molecule has 1 aliphatic rings. The van der Waals surface area contributed by atoms with E-state index in [0.29, 0.717) is 0 Å². The van der Waals surface area contributed by atoms with Crippen molar-refractivity contribution in [1.29, 1.82) is 0 Å². The van der Waals surface area contributed by atoms with E-state index in [9.17, 15) is 31.1 Å². The number of ketones is 1. The van der Waals surface area contributed by atoms with E-state index in [1.54, 1.807) is 12.1 Å². The molecule has 9 heteroatoms. The van der Waals surface area contributed by atoms with Gasteiger partial charge in [0, 0.05) is 18.2 Å². The number of rotatable bonds is 7. The highest BCUT2D eigenvalue weighted by atomic mass is 35.5. The first-order valence-corrected chi connectivity index (χ1v) is 9.68. The molecule has 1 atom stereocenters. The van der Waals surface area contributed by atoms with Crippen LogP contribution in [0.4, 0.5) is 26.3 Å². The fourth-order valence-electron chi connectivity index (χ4n) is 3.55. The SMILES string of the molecule is O=C(CCC(CC1(C(F)(F)F)CC1)c1ccc(C(F)(F)F)nc1)c1ccccc1Cl. The van der Waals surface area contributed by atoms with Gasteiger partial charge in [-0.2, -0.15) is 26.3 Å². The van der Waals surface area contributed by atoms with Crippen molar-refractivity contribution >= 4 is 17.4 Å². The zero-order chi connectivity index (χ0) is 22.2. The smallest absolute Gasteiger partial charge is 0.294 e. The Balaban J connectivity index is 1.81. The minimum absolute atomic E-state index is 0.0283. The summed E-state index contributed by atoms with van der Waals surface area (Å²) in [5, 5.41) is 0.240. The third-order valence-corrected chi connectivity index (χ3v) is 5.86. The van der Waals surface area contributed by atoms with Gasteiger partial charge < -0.3 is 0 Å². The van der Waals surface area contributed by atoms with Crippen LogP contribution in [0.25, 0.3) is 0 Å². The van der Waals surface area contributed by atoms with Crippen LogP contribution in [0.5, 0.6) is 0 Å². The highest BCUT2D eigenvalue weighted by molar-refractivity contribution is 6.33. The number of hydrogen-bond donors (Lipinski definition) is 0. The van der Waals surface area contributed by atoms with Gasteiger partial charge in [-0.25, -0.2) is 0 Å². The van der Waals surface area contributed by atoms with Crippen LogP contribution in [-0.4, -0.2) is 16.9 Å². The molecule has 0 radical (unpaired) electrons. The Morgan fingerprint density at radius 3 is 2.23 bits per heavy atom. The predicted octanol–water partition coefficient (Wildman–Crippen LogP) is 7.23. The van der Waals surface area contributed by atoms with Gasteiger partial charge in [-0.05, 0) is 55.4 Å². The summed E-state index contributed by atoms with van der Waals surface area (Å²) in [5.41, 5.74) is -2.45. The lowest BCUT2D eigenvalue weighted by Gasteiger charge is -2.25. The monoisotopic (exact) mass is 449 g/mol. The van der Waals surface area contributed by atoms with Crippen LogP contribution in [0.1, 0.15) is 59.6 Å². The van der Waals surface area contributed by atoms with Crippen LogP contribution in [0.3, 0.4) is 0 Å². The molecule has 0 bridgehead atoms. The van der Waals surface area contributed by atoms with Gasteiger partial charge in [-0.15, -0.1) is 0 Å². The van der Waals surface area contributed by atoms with E-state index in [-0.39, 0.29) is 54.0 Å². The van der Waals surface area contributed by atoms with Crippen molar-refractivity contribution < 1.29 is 31.1 Å². The van der Waals surface area contributed by atoms with Crippen LogP contribution >= 0.6 is 11.6 Å². The summed E-state index contributed by atoms with van der Waals surface area (Å²) in [4.78, 5) is 15.9. The first kappa shape index (κ1) is 22.6. The molecule has 0 N–H and O–H groups in total. The second-order valence-electron chi connectivity index (χ2n) is 7.60.